The molecule has 21 heavy (non-hydrogen) atoms. The average Bonchev–Trinajstić information content (AvgIpc) is 2.73. The molecule has 1 atom stereocenters. The predicted octanol–water partition coefficient (Wildman–Crippen LogP) is 1.91. The Morgan fingerprint density at radius 1 is 1.52 bits per heavy atom. The van der Waals surface area contributed by atoms with Crippen LogP contribution in [0.2, 0.25) is 0 Å². The molecule has 0 fully saturated rings. The number of phenolic OH excluding ortho intramolecular Hbond substituents is 1. The smallest absolute Gasteiger partial charge is 0.235 e. The number of methoxy groups -OCH3 is 1. The number of aromatic nitrogens is 2. The molecule has 0 bridgehead atoms. The van der Waals surface area contributed by atoms with Gasteiger partial charge in [0, 0.05) is 12.6 Å². The van der Waals surface area contributed by atoms with Crippen molar-refractivity contribution in [3.8, 4) is 11.5 Å². The monoisotopic (exact) mass is 305 g/mol. The first-order valence-corrected chi connectivity index (χ1v) is 7.45. The first-order chi connectivity index (χ1) is 10.1. The number of hydrogen-bond acceptors (Lipinski definition) is 5. The largest absolute Gasteiger partial charge is 0.504 e. The van der Waals surface area contributed by atoms with Gasteiger partial charge in [-0.2, -0.15) is 5.10 Å². The Kier molecular flexibility index (Phi) is 3.50. The molecule has 7 heteroatoms. The molecule has 2 aromatic rings. The summed E-state index contributed by atoms with van der Waals surface area (Å²) in [5, 5.41) is 16.8. The van der Waals surface area contributed by atoms with Gasteiger partial charge in [0.2, 0.25) is 5.91 Å². The van der Waals surface area contributed by atoms with Gasteiger partial charge < -0.3 is 15.2 Å². The molecule has 6 nitrogen and oxygen atoms in total. The number of amides is 1. The van der Waals surface area contributed by atoms with E-state index in [1.165, 1.54) is 18.9 Å². The third kappa shape index (κ3) is 2.44. The maximum Gasteiger partial charge on any atom is 0.235 e. The zero-order chi connectivity index (χ0) is 15.0. The van der Waals surface area contributed by atoms with E-state index in [4.69, 9.17) is 4.74 Å². The summed E-state index contributed by atoms with van der Waals surface area (Å²) < 4.78 is 6.82. The van der Waals surface area contributed by atoms with Crippen molar-refractivity contribution in [3.05, 3.63) is 35.5 Å². The van der Waals surface area contributed by atoms with Gasteiger partial charge in [-0.3, -0.25) is 9.48 Å². The van der Waals surface area contributed by atoms with Crippen molar-refractivity contribution in [1.82, 2.24) is 9.78 Å². The molecule has 3 rings (SSSR count). The Balaban J connectivity index is 2.07. The van der Waals surface area contributed by atoms with E-state index in [9.17, 15) is 9.90 Å². The summed E-state index contributed by atoms with van der Waals surface area (Å²) in [6, 6.07) is 5.23. The molecule has 1 aromatic heterocycles. The molecule has 1 aromatic carbocycles. The van der Waals surface area contributed by atoms with E-state index in [1.54, 1.807) is 30.1 Å². The zero-order valence-corrected chi connectivity index (χ0v) is 12.5. The molecule has 1 aliphatic heterocycles. The van der Waals surface area contributed by atoms with Crippen LogP contribution in [-0.2, 0) is 11.8 Å². The Hall–Kier alpha value is -2.15. The number of aryl methyl sites for hydroxylation is 1. The van der Waals surface area contributed by atoms with Gasteiger partial charge >= 0.3 is 0 Å². The fraction of sp³-hybridized carbons (Fsp3) is 0.286. The van der Waals surface area contributed by atoms with E-state index in [0.29, 0.717) is 17.3 Å². The molecule has 0 saturated carbocycles. The van der Waals surface area contributed by atoms with Crippen molar-refractivity contribution in [3.63, 3.8) is 0 Å². The standard InChI is InChI=1S/C14H15N3O3S/c1-17-14-9(6-15-17)13(21-7-12(19)16-14)8-3-4-10(18)11(5-8)20-2/h3-6,13,18H,7H2,1-2H3,(H,16,19)/t13-/m1/s1. The fourth-order valence-electron chi connectivity index (χ4n) is 2.35. The van der Waals surface area contributed by atoms with E-state index >= 15 is 0 Å². The minimum atomic E-state index is -0.0434. The van der Waals surface area contributed by atoms with Crippen molar-refractivity contribution in [2.24, 2.45) is 7.05 Å². The number of nitrogens with zero attached hydrogens (tertiary/aromatic N) is 2. The number of phenols is 1. The number of hydrogen-bond donors (Lipinski definition) is 2. The summed E-state index contributed by atoms with van der Waals surface area (Å²) in [7, 11) is 3.31. The Morgan fingerprint density at radius 3 is 3.10 bits per heavy atom. The van der Waals surface area contributed by atoms with E-state index in [0.717, 1.165) is 11.1 Å². The molecular formula is C14H15N3O3S. The zero-order valence-electron chi connectivity index (χ0n) is 11.7. The molecule has 2 N–H and O–H groups in total. The van der Waals surface area contributed by atoms with Gasteiger partial charge in [-0.1, -0.05) is 6.07 Å². The van der Waals surface area contributed by atoms with Crippen molar-refractivity contribution < 1.29 is 14.6 Å². The SMILES string of the molecule is COc1cc([C@H]2SCC(=O)Nc3c2cnn3C)ccc1O. The maximum atomic E-state index is 11.8. The van der Waals surface area contributed by atoms with Gasteiger partial charge in [0.15, 0.2) is 11.5 Å². The third-order valence-corrected chi connectivity index (χ3v) is 4.68. The summed E-state index contributed by atoms with van der Waals surface area (Å²) in [6.07, 6.45) is 1.76. The highest BCUT2D eigenvalue weighted by atomic mass is 32.2. The highest BCUT2D eigenvalue weighted by molar-refractivity contribution is 8.00. The van der Waals surface area contributed by atoms with Gasteiger partial charge in [0.1, 0.15) is 5.82 Å². The molecule has 2 heterocycles. The summed E-state index contributed by atoms with van der Waals surface area (Å²) in [6.45, 7) is 0. The molecule has 0 aliphatic carbocycles. The quantitative estimate of drug-likeness (QED) is 0.886. The van der Waals surface area contributed by atoms with E-state index in [2.05, 4.69) is 10.4 Å². The van der Waals surface area contributed by atoms with Crippen LogP contribution in [0.15, 0.2) is 24.4 Å². The van der Waals surface area contributed by atoms with Crippen LogP contribution in [0.1, 0.15) is 16.4 Å². The number of fused-ring (bicyclic) bond motifs is 1. The average molecular weight is 305 g/mol. The summed E-state index contributed by atoms with van der Waals surface area (Å²) in [5.41, 5.74) is 1.90. The summed E-state index contributed by atoms with van der Waals surface area (Å²) in [4.78, 5) is 11.8. The molecule has 0 spiro atoms. The molecule has 110 valence electrons. The Bertz CT molecular complexity index is 699. The number of rotatable bonds is 2. The molecule has 0 unspecified atom stereocenters. The maximum absolute atomic E-state index is 11.8. The molecule has 1 aliphatic rings. The van der Waals surface area contributed by atoms with Crippen LogP contribution in [0.25, 0.3) is 0 Å². The first kappa shape index (κ1) is 13.8. The van der Waals surface area contributed by atoms with Gasteiger partial charge in [-0.25, -0.2) is 0 Å². The second kappa shape index (κ2) is 5.33. The summed E-state index contributed by atoms with van der Waals surface area (Å²) >= 11 is 1.52. The molecule has 0 radical (unpaired) electrons. The number of ether oxygens (including phenoxy) is 1. The lowest BCUT2D eigenvalue weighted by molar-refractivity contribution is -0.113. The number of benzene rings is 1. The second-order valence-electron chi connectivity index (χ2n) is 4.74. The van der Waals surface area contributed by atoms with Crippen LogP contribution in [0, 0.1) is 0 Å². The van der Waals surface area contributed by atoms with E-state index < -0.39 is 0 Å². The number of nitrogens with one attached hydrogen (secondary N) is 1. The highest BCUT2D eigenvalue weighted by Crippen LogP contribution is 2.43. The topological polar surface area (TPSA) is 76.4 Å². The van der Waals surface area contributed by atoms with Crippen LogP contribution in [0.3, 0.4) is 0 Å². The Labute approximate surface area is 126 Å². The lowest BCUT2D eigenvalue weighted by atomic mass is 10.1. The highest BCUT2D eigenvalue weighted by Gasteiger charge is 2.27. The minimum absolute atomic E-state index is 0.0397. The molecular weight excluding hydrogens is 290 g/mol. The van der Waals surface area contributed by atoms with Gasteiger partial charge in [-0.05, 0) is 17.7 Å². The van der Waals surface area contributed by atoms with E-state index in [1.807, 2.05) is 6.07 Å². The fourth-order valence-corrected chi connectivity index (χ4v) is 3.43. The molecule has 1 amide bonds. The lowest BCUT2D eigenvalue weighted by Gasteiger charge is -2.15. The summed E-state index contributed by atoms with van der Waals surface area (Å²) in [5.74, 6) is 1.55. The molecule has 0 saturated heterocycles. The van der Waals surface area contributed by atoms with Crippen LogP contribution in [-0.4, -0.2) is 33.7 Å². The predicted molar refractivity (Wildman–Crippen MR) is 80.8 cm³/mol. The van der Waals surface area contributed by atoms with Gasteiger partial charge in [0.25, 0.3) is 0 Å². The van der Waals surface area contributed by atoms with Crippen LogP contribution < -0.4 is 10.1 Å². The van der Waals surface area contributed by atoms with Crippen LogP contribution in [0.4, 0.5) is 5.82 Å². The first-order valence-electron chi connectivity index (χ1n) is 6.40. The third-order valence-electron chi connectivity index (χ3n) is 3.39. The number of aromatic hydroxyl groups is 1. The number of anilines is 1. The normalized spacial score (nSPS) is 17.8. The van der Waals surface area contributed by atoms with Crippen molar-refractivity contribution in [2.45, 2.75) is 5.25 Å². The van der Waals surface area contributed by atoms with Crippen molar-refractivity contribution in [2.75, 3.05) is 18.2 Å². The second-order valence-corrected chi connectivity index (χ2v) is 5.84. The number of carbonyl (C=O) groups is 1. The number of thioether (sulfide) groups is 1. The van der Waals surface area contributed by atoms with Crippen LogP contribution in [0.5, 0.6) is 11.5 Å². The van der Waals surface area contributed by atoms with Crippen LogP contribution >= 0.6 is 11.8 Å². The van der Waals surface area contributed by atoms with Crippen molar-refractivity contribution >= 4 is 23.5 Å². The van der Waals surface area contributed by atoms with Gasteiger partial charge in [-0.15, -0.1) is 11.8 Å². The van der Waals surface area contributed by atoms with Gasteiger partial charge in [0.05, 0.1) is 24.3 Å². The number of carbonyl (C=O) groups excluding carboxylic acids is 1. The van der Waals surface area contributed by atoms with E-state index in [-0.39, 0.29) is 16.9 Å². The van der Waals surface area contributed by atoms with Crippen molar-refractivity contribution in [1.29, 1.82) is 0 Å². The Morgan fingerprint density at radius 2 is 2.33 bits per heavy atom. The lowest BCUT2D eigenvalue weighted by Crippen LogP contribution is -2.15. The minimum Gasteiger partial charge on any atom is -0.504 e.